The van der Waals surface area contributed by atoms with E-state index in [1.807, 2.05) is 52.0 Å². The second-order valence-electron chi connectivity index (χ2n) is 6.73. The van der Waals surface area contributed by atoms with Crippen molar-refractivity contribution in [2.45, 2.75) is 27.7 Å². The molecule has 0 heterocycles. The van der Waals surface area contributed by atoms with Gasteiger partial charge in [0.1, 0.15) is 0 Å². The molecule has 0 aliphatic rings. The summed E-state index contributed by atoms with van der Waals surface area (Å²) in [6.07, 6.45) is 0. The van der Waals surface area contributed by atoms with Crippen molar-refractivity contribution in [1.29, 1.82) is 0 Å². The van der Waals surface area contributed by atoms with Crippen molar-refractivity contribution in [2.24, 2.45) is 11.8 Å². The highest BCUT2D eigenvalue weighted by molar-refractivity contribution is 6.07. The van der Waals surface area contributed by atoms with Crippen LogP contribution in [0.2, 0.25) is 0 Å². The highest BCUT2D eigenvalue weighted by Gasteiger charge is 2.21. The van der Waals surface area contributed by atoms with Crippen LogP contribution in [0.4, 0.5) is 0 Å². The van der Waals surface area contributed by atoms with E-state index in [0.29, 0.717) is 13.2 Å². The number of esters is 2. The van der Waals surface area contributed by atoms with E-state index in [9.17, 15) is 9.59 Å². The maximum absolute atomic E-state index is 12.4. The smallest absolute Gasteiger partial charge is 0.339 e. The Labute approximate surface area is 142 Å². The molecule has 0 N–H and O–H groups in total. The molecular formula is C20H24O4. The molecule has 0 atom stereocenters. The zero-order valence-electron chi connectivity index (χ0n) is 14.7. The third-order valence-corrected chi connectivity index (χ3v) is 3.42. The van der Waals surface area contributed by atoms with Gasteiger partial charge in [0, 0.05) is 0 Å². The van der Waals surface area contributed by atoms with Gasteiger partial charge in [-0.15, -0.1) is 0 Å². The van der Waals surface area contributed by atoms with Crippen LogP contribution in [0.15, 0.2) is 36.4 Å². The summed E-state index contributed by atoms with van der Waals surface area (Å²) in [4.78, 5) is 24.9. The SMILES string of the molecule is CC(C)COC(=O)c1cc2ccccc2cc1C(=O)OCC(C)C. The molecule has 128 valence electrons. The molecule has 0 saturated carbocycles. The summed E-state index contributed by atoms with van der Waals surface area (Å²) in [6, 6.07) is 11.0. The largest absolute Gasteiger partial charge is 0.462 e. The Morgan fingerprint density at radius 3 is 1.50 bits per heavy atom. The van der Waals surface area contributed by atoms with Gasteiger partial charge in [0.25, 0.3) is 0 Å². The zero-order chi connectivity index (χ0) is 17.7. The first-order valence-corrected chi connectivity index (χ1v) is 8.25. The fraction of sp³-hybridized carbons (Fsp3) is 0.400. The average molecular weight is 328 g/mol. The molecule has 0 fully saturated rings. The van der Waals surface area contributed by atoms with Crippen molar-refractivity contribution in [1.82, 2.24) is 0 Å². The summed E-state index contributed by atoms with van der Waals surface area (Å²) < 4.78 is 10.6. The van der Waals surface area contributed by atoms with Crippen LogP contribution in [-0.4, -0.2) is 25.2 Å². The van der Waals surface area contributed by atoms with Gasteiger partial charge in [-0.1, -0.05) is 52.0 Å². The van der Waals surface area contributed by atoms with Crippen molar-refractivity contribution in [3.05, 3.63) is 47.5 Å². The topological polar surface area (TPSA) is 52.6 Å². The first-order valence-electron chi connectivity index (χ1n) is 8.25. The van der Waals surface area contributed by atoms with Crippen LogP contribution in [-0.2, 0) is 9.47 Å². The van der Waals surface area contributed by atoms with Crippen molar-refractivity contribution in [3.8, 4) is 0 Å². The minimum atomic E-state index is -0.494. The van der Waals surface area contributed by atoms with E-state index in [1.165, 1.54) is 0 Å². The number of ether oxygens (including phenoxy) is 2. The van der Waals surface area contributed by atoms with E-state index in [4.69, 9.17) is 9.47 Å². The first-order chi connectivity index (χ1) is 11.4. The Hall–Kier alpha value is -2.36. The molecule has 4 nitrogen and oxygen atoms in total. The van der Waals surface area contributed by atoms with Crippen molar-refractivity contribution in [3.63, 3.8) is 0 Å². The summed E-state index contributed by atoms with van der Waals surface area (Å²) in [5.41, 5.74) is 0.506. The van der Waals surface area contributed by atoms with Gasteiger partial charge in [0.05, 0.1) is 24.3 Å². The minimum Gasteiger partial charge on any atom is -0.462 e. The number of benzene rings is 2. The van der Waals surface area contributed by atoms with E-state index < -0.39 is 11.9 Å². The number of hydrogen-bond donors (Lipinski definition) is 0. The Kier molecular flexibility index (Phi) is 5.96. The van der Waals surface area contributed by atoms with E-state index in [-0.39, 0.29) is 23.0 Å². The third-order valence-electron chi connectivity index (χ3n) is 3.42. The quantitative estimate of drug-likeness (QED) is 0.734. The summed E-state index contributed by atoms with van der Waals surface area (Å²) in [7, 11) is 0. The van der Waals surface area contributed by atoms with Crippen LogP contribution in [0.25, 0.3) is 10.8 Å². The van der Waals surface area contributed by atoms with Gasteiger partial charge in [-0.3, -0.25) is 0 Å². The minimum absolute atomic E-state index is 0.228. The molecule has 0 unspecified atom stereocenters. The number of fused-ring (bicyclic) bond motifs is 1. The normalized spacial score (nSPS) is 11.1. The van der Waals surface area contributed by atoms with Gasteiger partial charge in [0.15, 0.2) is 0 Å². The van der Waals surface area contributed by atoms with Gasteiger partial charge >= 0.3 is 11.9 Å². The fourth-order valence-corrected chi connectivity index (χ4v) is 2.22. The highest BCUT2D eigenvalue weighted by atomic mass is 16.5. The lowest BCUT2D eigenvalue weighted by Crippen LogP contribution is -2.17. The molecule has 0 spiro atoms. The maximum Gasteiger partial charge on any atom is 0.339 e. The molecule has 24 heavy (non-hydrogen) atoms. The van der Waals surface area contributed by atoms with Gasteiger partial charge in [0.2, 0.25) is 0 Å². The predicted octanol–water partition coefficient (Wildman–Crippen LogP) is 4.47. The van der Waals surface area contributed by atoms with Gasteiger partial charge in [-0.2, -0.15) is 0 Å². The van der Waals surface area contributed by atoms with Crippen LogP contribution >= 0.6 is 0 Å². The maximum atomic E-state index is 12.4. The molecule has 0 radical (unpaired) electrons. The average Bonchev–Trinajstić information content (AvgIpc) is 2.56. The third kappa shape index (κ3) is 4.57. The Bertz CT molecular complexity index is 669. The van der Waals surface area contributed by atoms with E-state index >= 15 is 0 Å². The second-order valence-corrected chi connectivity index (χ2v) is 6.73. The Balaban J connectivity index is 2.39. The summed E-state index contributed by atoms with van der Waals surface area (Å²) in [6.45, 7) is 8.48. The molecule has 2 aromatic rings. The highest BCUT2D eigenvalue weighted by Crippen LogP contribution is 2.22. The lowest BCUT2D eigenvalue weighted by atomic mass is 10.0. The van der Waals surface area contributed by atoms with Crippen LogP contribution in [0, 0.1) is 11.8 Å². The van der Waals surface area contributed by atoms with E-state index in [1.54, 1.807) is 12.1 Å². The number of hydrogen-bond acceptors (Lipinski definition) is 4. The number of carbonyl (C=O) groups is 2. The molecule has 0 bridgehead atoms. The lowest BCUT2D eigenvalue weighted by molar-refractivity contribution is 0.0413. The van der Waals surface area contributed by atoms with Crippen molar-refractivity contribution in [2.75, 3.05) is 13.2 Å². The fourth-order valence-electron chi connectivity index (χ4n) is 2.22. The number of carbonyl (C=O) groups excluding carboxylic acids is 2. The standard InChI is InChI=1S/C20H24O4/c1-13(2)11-23-19(21)17-9-15-7-5-6-8-16(15)10-18(17)20(22)24-12-14(3)4/h5-10,13-14H,11-12H2,1-4H3. The van der Waals surface area contributed by atoms with Crippen LogP contribution in [0.1, 0.15) is 48.4 Å². The van der Waals surface area contributed by atoms with Crippen LogP contribution in [0.5, 0.6) is 0 Å². The summed E-state index contributed by atoms with van der Waals surface area (Å²) in [5.74, 6) is -0.534. The van der Waals surface area contributed by atoms with Gasteiger partial charge in [-0.05, 0) is 34.7 Å². The van der Waals surface area contributed by atoms with Crippen molar-refractivity contribution >= 4 is 22.7 Å². The van der Waals surface area contributed by atoms with E-state index in [0.717, 1.165) is 10.8 Å². The molecule has 4 heteroatoms. The molecule has 0 aliphatic carbocycles. The molecule has 0 amide bonds. The van der Waals surface area contributed by atoms with E-state index in [2.05, 4.69) is 0 Å². The van der Waals surface area contributed by atoms with Gasteiger partial charge in [-0.25, -0.2) is 9.59 Å². The lowest BCUT2D eigenvalue weighted by Gasteiger charge is -2.13. The Morgan fingerprint density at radius 2 is 1.17 bits per heavy atom. The monoisotopic (exact) mass is 328 g/mol. The second kappa shape index (κ2) is 7.95. The molecule has 0 aliphatic heterocycles. The molecule has 0 saturated heterocycles. The summed E-state index contributed by atoms with van der Waals surface area (Å²) >= 11 is 0. The van der Waals surface area contributed by atoms with Crippen LogP contribution < -0.4 is 0 Å². The van der Waals surface area contributed by atoms with Crippen LogP contribution in [0.3, 0.4) is 0 Å². The van der Waals surface area contributed by atoms with Crippen molar-refractivity contribution < 1.29 is 19.1 Å². The Morgan fingerprint density at radius 1 is 0.792 bits per heavy atom. The van der Waals surface area contributed by atoms with Gasteiger partial charge < -0.3 is 9.47 Å². The predicted molar refractivity (Wildman–Crippen MR) is 94.2 cm³/mol. The molecule has 2 aromatic carbocycles. The summed E-state index contributed by atoms with van der Waals surface area (Å²) in [5, 5.41) is 1.77. The molecule has 2 rings (SSSR count). The molecular weight excluding hydrogens is 304 g/mol. The number of rotatable bonds is 6. The zero-order valence-corrected chi connectivity index (χ0v) is 14.7. The molecule has 0 aromatic heterocycles. The first kappa shape index (κ1) is 18.0.